The highest BCUT2D eigenvalue weighted by molar-refractivity contribution is 5.94. The first-order valence-corrected chi connectivity index (χ1v) is 6.35. The zero-order valence-electron chi connectivity index (χ0n) is 11.9. The quantitative estimate of drug-likeness (QED) is 0.646. The molecule has 2 rings (SSSR count). The Hall–Kier alpha value is -2.76. The van der Waals surface area contributed by atoms with E-state index in [1.807, 2.05) is 12.1 Å². The summed E-state index contributed by atoms with van der Waals surface area (Å²) in [4.78, 5) is 15.8. The highest BCUT2D eigenvalue weighted by Gasteiger charge is 2.12. The number of aromatic nitrogens is 1. The number of rotatable bonds is 5. The Balaban J connectivity index is 2.13. The molecule has 0 aliphatic rings. The number of hydrogen-bond acceptors (Lipinski definition) is 6. The summed E-state index contributed by atoms with van der Waals surface area (Å²) >= 11 is 0. The van der Waals surface area contributed by atoms with Gasteiger partial charge in [0.2, 0.25) is 0 Å². The molecule has 0 unspecified atom stereocenters. The van der Waals surface area contributed by atoms with Crippen LogP contribution in [0.25, 0.3) is 0 Å². The van der Waals surface area contributed by atoms with Crippen molar-refractivity contribution >= 4 is 17.5 Å². The van der Waals surface area contributed by atoms with Crippen LogP contribution in [0.15, 0.2) is 36.5 Å². The first kappa shape index (κ1) is 14.6. The summed E-state index contributed by atoms with van der Waals surface area (Å²) in [6.07, 6.45) is 1.61. The number of nitrogens with zero attached hydrogens (tertiary/aromatic N) is 1. The lowest BCUT2D eigenvalue weighted by Crippen LogP contribution is -2.10. The van der Waals surface area contributed by atoms with E-state index >= 15 is 0 Å². The van der Waals surface area contributed by atoms with Crippen molar-refractivity contribution in [3.05, 3.63) is 47.7 Å². The second kappa shape index (κ2) is 6.60. The van der Waals surface area contributed by atoms with Gasteiger partial charge in [0.25, 0.3) is 0 Å². The molecule has 3 N–H and O–H groups in total. The van der Waals surface area contributed by atoms with Crippen molar-refractivity contribution in [2.45, 2.75) is 6.54 Å². The maximum atomic E-state index is 11.6. The van der Waals surface area contributed by atoms with Crippen LogP contribution < -0.4 is 15.8 Å². The predicted octanol–water partition coefficient (Wildman–Crippen LogP) is 2.07. The topological polar surface area (TPSA) is 86.5 Å². The number of benzene rings is 1. The number of carbonyl (C=O) groups is 1. The number of anilines is 2. The summed E-state index contributed by atoms with van der Waals surface area (Å²) in [6.45, 7) is 0.481. The molecule has 6 heteroatoms. The maximum absolute atomic E-state index is 11.6. The van der Waals surface area contributed by atoms with E-state index < -0.39 is 5.97 Å². The van der Waals surface area contributed by atoms with Crippen LogP contribution in [0.3, 0.4) is 0 Å². The monoisotopic (exact) mass is 287 g/mol. The molecule has 0 fully saturated rings. The average molecular weight is 287 g/mol. The molecule has 0 saturated carbocycles. The van der Waals surface area contributed by atoms with Gasteiger partial charge in [0.15, 0.2) is 0 Å². The molecule has 1 aromatic carbocycles. The second-order valence-electron chi connectivity index (χ2n) is 4.32. The summed E-state index contributed by atoms with van der Waals surface area (Å²) in [7, 11) is 2.91. The molecule has 0 spiro atoms. The fourth-order valence-electron chi connectivity index (χ4n) is 1.90. The van der Waals surface area contributed by atoms with Crippen molar-refractivity contribution in [2.75, 3.05) is 25.3 Å². The standard InChI is InChI=1S/C15H17N3O3/c1-20-13-6-5-10(8-12(13)16)9-18-14-11(15(19)21-2)4-3-7-17-14/h3-8H,9,16H2,1-2H3,(H,17,18). The maximum Gasteiger partial charge on any atom is 0.341 e. The van der Waals surface area contributed by atoms with Crippen LogP contribution in [0.5, 0.6) is 5.75 Å². The molecule has 6 nitrogen and oxygen atoms in total. The van der Waals surface area contributed by atoms with E-state index in [1.54, 1.807) is 31.5 Å². The number of nitrogens with one attached hydrogen (secondary N) is 1. The number of nitrogen functional groups attached to an aromatic ring is 1. The zero-order valence-corrected chi connectivity index (χ0v) is 11.9. The molecule has 0 amide bonds. The average Bonchev–Trinajstić information content (AvgIpc) is 2.52. The SMILES string of the molecule is COC(=O)c1cccnc1NCc1ccc(OC)c(N)c1. The van der Waals surface area contributed by atoms with E-state index in [-0.39, 0.29) is 0 Å². The summed E-state index contributed by atoms with van der Waals surface area (Å²) < 4.78 is 9.83. The van der Waals surface area contributed by atoms with Crippen LogP contribution >= 0.6 is 0 Å². The molecule has 0 saturated heterocycles. The Kier molecular flexibility index (Phi) is 4.61. The number of methoxy groups -OCH3 is 2. The van der Waals surface area contributed by atoms with Crippen molar-refractivity contribution in [1.82, 2.24) is 4.98 Å². The van der Waals surface area contributed by atoms with E-state index in [4.69, 9.17) is 15.2 Å². The third-order valence-corrected chi connectivity index (χ3v) is 2.97. The third kappa shape index (κ3) is 3.42. The Morgan fingerprint density at radius 2 is 2.14 bits per heavy atom. The molecule has 1 aromatic heterocycles. The first-order chi connectivity index (χ1) is 10.2. The van der Waals surface area contributed by atoms with Crippen molar-refractivity contribution < 1.29 is 14.3 Å². The van der Waals surface area contributed by atoms with E-state index in [0.29, 0.717) is 29.4 Å². The minimum atomic E-state index is -0.431. The predicted molar refractivity (Wildman–Crippen MR) is 80.3 cm³/mol. The van der Waals surface area contributed by atoms with E-state index in [0.717, 1.165) is 5.56 Å². The second-order valence-corrected chi connectivity index (χ2v) is 4.32. The van der Waals surface area contributed by atoms with Gasteiger partial charge in [-0.15, -0.1) is 0 Å². The Bertz CT molecular complexity index is 644. The number of nitrogens with two attached hydrogens (primary N) is 1. The number of pyridine rings is 1. The van der Waals surface area contributed by atoms with Gasteiger partial charge in [-0.3, -0.25) is 0 Å². The van der Waals surface area contributed by atoms with Gasteiger partial charge in [-0.05, 0) is 29.8 Å². The molecule has 21 heavy (non-hydrogen) atoms. The Morgan fingerprint density at radius 1 is 1.33 bits per heavy atom. The van der Waals surface area contributed by atoms with Crippen LogP contribution in [0.1, 0.15) is 15.9 Å². The van der Waals surface area contributed by atoms with Gasteiger partial charge in [0.05, 0.1) is 19.9 Å². The van der Waals surface area contributed by atoms with E-state index in [1.165, 1.54) is 7.11 Å². The van der Waals surface area contributed by atoms with E-state index in [9.17, 15) is 4.79 Å². The summed E-state index contributed by atoms with van der Waals surface area (Å²) in [5.74, 6) is 0.672. The van der Waals surface area contributed by atoms with Gasteiger partial charge in [-0.25, -0.2) is 9.78 Å². The molecule has 1 heterocycles. The zero-order chi connectivity index (χ0) is 15.2. The van der Waals surface area contributed by atoms with Gasteiger partial charge in [-0.2, -0.15) is 0 Å². The number of ether oxygens (including phenoxy) is 2. The minimum Gasteiger partial charge on any atom is -0.495 e. The van der Waals surface area contributed by atoms with E-state index in [2.05, 4.69) is 10.3 Å². The van der Waals surface area contributed by atoms with Gasteiger partial charge >= 0.3 is 5.97 Å². The van der Waals surface area contributed by atoms with Crippen molar-refractivity contribution in [3.8, 4) is 5.75 Å². The fourth-order valence-corrected chi connectivity index (χ4v) is 1.90. The summed E-state index contributed by atoms with van der Waals surface area (Å²) in [6, 6.07) is 8.84. The highest BCUT2D eigenvalue weighted by atomic mass is 16.5. The van der Waals surface area contributed by atoms with Gasteiger partial charge in [0, 0.05) is 12.7 Å². The molecule has 0 aliphatic carbocycles. The number of hydrogen-bond donors (Lipinski definition) is 2. The van der Waals surface area contributed by atoms with Crippen LogP contribution in [0.2, 0.25) is 0 Å². The molecule has 0 atom stereocenters. The molecule has 0 aliphatic heterocycles. The molecule has 110 valence electrons. The molecule has 0 bridgehead atoms. The lowest BCUT2D eigenvalue weighted by Gasteiger charge is -2.11. The van der Waals surface area contributed by atoms with Crippen LogP contribution in [0, 0.1) is 0 Å². The van der Waals surface area contributed by atoms with Crippen molar-refractivity contribution in [2.24, 2.45) is 0 Å². The Labute approximate surface area is 122 Å². The molecular weight excluding hydrogens is 270 g/mol. The van der Waals surface area contributed by atoms with Crippen LogP contribution in [-0.4, -0.2) is 25.2 Å². The van der Waals surface area contributed by atoms with Crippen LogP contribution in [-0.2, 0) is 11.3 Å². The van der Waals surface area contributed by atoms with Crippen molar-refractivity contribution in [3.63, 3.8) is 0 Å². The summed E-state index contributed by atoms with van der Waals surface area (Å²) in [5.41, 5.74) is 7.76. The number of carbonyl (C=O) groups excluding carboxylic acids is 1. The highest BCUT2D eigenvalue weighted by Crippen LogP contribution is 2.22. The largest absolute Gasteiger partial charge is 0.495 e. The van der Waals surface area contributed by atoms with Gasteiger partial charge < -0.3 is 20.5 Å². The first-order valence-electron chi connectivity index (χ1n) is 6.35. The lowest BCUT2D eigenvalue weighted by molar-refractivity contribution is 0.0601. The normalized spacial score (nSPS) is 10.0. The third-order valence-electron chi connectivity index (χ3n) is 2.97. The molecule has 2 aromatic rings. The van der Waals surface area contributed by atoms with Crippen LogP contribution in [0.4, 0.5) is 11.5 Å². The summed E-state index contributed by atoms with van der Waals surface area (Å²) in [5, 5.41) is 3.10. The lowest BCUT2D eigenvalue weighted by atomic mass is 10.2. The van der Waals surface area contributed by atoms with Gasteiger partial charge in [0.1, 0.15) is 17.1 Å². The smallest absolute Gasteiger partial charge is 0.341 e. The number of esters is 1. The Morgan fingerprint density at radius 3 is 2.81 bits per heavy atom. The van der Waals surface area contributed by atoms with Gasteiger partial charge in [-0.1, -0.05) is 6.07 Å². The molecule has 0 radical (unpaired) electrons. The molecular formula is C15H17N3O3. The minimum absolute atomic E-state index is 0.390. The van der Waals surface area contributed by atoms with Crippen molar-refractivity contribution in [1.29, 1.82) is 0 Å². The fraction of sp³-hybridized carbons (Fsp3) is 0.200.